The highest BCUT2D eigenvalue weighted by Crippen LogP contribution is 2.24. The van der Waals surface area contributed by atoms with Crippen LogP contribution in [0.15, 0.2) is 6.07 Å². The van der Waals surface area contributed by atoms with Gasteiger partial charge in [0.2, 0.25) is 0 Å². The highest BCUT2D eigenvalue weighted by atomic mass is 35.5. The molecule has 0 amide bonds. The van der Waals surface area contributed by atoms with E-state index in [2.05, 4.69) is 4.98 Å². The van der Waals surface area contributed by atoms with Gasteiger partial charge in [-0.3, -0.25) is 0 Å². The number of aromatic nitrogens is 1. The minimum Gasteiger partial charge on any atom is -0.381 e. The summed E-state index contributed by atoms with van der Waals surface area (Å²) in [6.07, 6.45) is 0. The molecule has 0 bridgehead atoms. The Morgan fingerprint density at radius 2 is 2.17 bits per heavy atom. The van der Waals surface area contributed by atoms with E-state index in [9.17, 15) is 4.39 Å². The predicted octanol–water partition coefficient (Wildman–Crippen LogP) is 2.58. The Kier molecular flexibility index (Phi) is 2.52. The first kappa shape index (κ1) is 9.26. The molecular formula is C8H10ClFN2. The Bertz CT molecular complexity index is 299. The van der Waals surface area contributed by atoms with E-state index in [1.807, 2.05) is 13.8 Å². The molecule has 1 rings (SSSR count). The zero-order chi connectivity index (χ0) is 9.30. The van der Waals surface area contributed by atoms with Gasteiger partial charge in [0.1, 0.15) is 0 Å². The van der Waals surface area contributed by atoms with Gasteiger partial charge in [0, 0.05) is 0 Å². The number of anilines is 1. The lowest BCUT2D eigenvalue weighted by molar-refractivity contribution is 0.623. The van der Waals surface area contributed by atoms with E-state index in [-0.39, 0.29) is 11.7 Å². The molecule has 0 aliphatic carbocycles. The van der Waals surface area contributed by atoms with Gasteiger partial charge in [0.25, 0.3) is 0 Å². The van der Waals surface area contributed by atoms with Crippen LogP contribution in [-0.2, 0) is 0 Å². The van der Waals surface area contributed by atoms with Crippen LogP contribution in [-0.4, -0.2) is 4.98 Å². The van der Waals surface area contributed by atoms with E-state index in [1.165, 1.54) is 6.07 Å². The van der Waals surface area contributed by atoms with Crippen LogP contribution < -0.4 is 5.73 Å². The minimum atomic E-state index is -0.565. The number of rotatable bonds is 1. The molecule has 0 fully saturated rings. The zero-order valence-corrected chi connectivity index (χ0v) is 7.69. The second-order valence-corrected chi connectivity index (χ2v) is 3.28. The molecule has 66 valence electrons. The third-order valence-corrected chi connectivity index (χ3v) is 1.83. The second-order valence-electron chi connectivity index (χ2n) is 2.88. The van der Waals surface area contributed by atoms with E-state index in [0.717, 1.165) is 0 Å². The Labute approximate surface area is 75.6 Å². The maximum absolute atomic E-state index is 12.8. The molecule has 0 aliphatic heterocycles. The molecule has 0 saturated heterocycles. The molecule has 1 heterocycles. The van der Waals surface area contributed by atoms with Gasteiger partial charge in [-0.15, -0.1) is 0 Å². The minimum absolute atomic E-state index is 0.0944. The van der Waals surface area contributed by atoms with E-state index in [4.69, 9.17) is 17.3 Å². The molecule has 0 atom stereocenters. The highest BCUT2D eigenvalue weighted by Gasteiger charge is 2.10. The van der Waals surface area contributed by atoms with Gasteiger partial charge < -0.3 is 5.73 Å². The number of nitrogen functional groups attached to an aromatic ring is 1. The summed E-state index contributed by atoms with van der Waals surface area (Å²) >= 11 is 5.74. The van der Waals surface area contributed by atoms with Crippen molar-refractivity contribution in [3.05, 3.63) is 22.6 Å². The lowest BCUT2D eigenvalue weighted by atomic mass is 10.1. The third kappa shape index (κ3) is 1.67. The molecule has 0 radical (unpaired) electrons. The fourth-order valence-corrected chi connectivity index (χ4v) is 1.26. The van der Waals surface area contributed by atoms with Crippen molar-refractivity contribution in [2.24, 2.45) is 0 Å². The summed E-state index contributed by atoms with van der Waals surface area (Å²) in [5.41, 5.74) is 5.92. The van der Waals surface area contributed by atoms with E-state index >= 15 is 0 Å². The second kappa shape index (κ2) is 3.27. The van der Waals surface area contributed by atoms with Crippen molar-refractivity contribution < 1.29 is 4.39 Å². The van der Waals surface area contributed by atoms with Crippen LogP contribution in [0.4, 0.5) is 10.2 Å². The summed E-state index contributed by atoms with van der Waals surface area (Å²) in [7, 11) is 0. The molecule has 0 spiro atoms. The van der Waals surface area contributed by atoms with Crippen LogP contribution >= 0.6 is 11.6 Å². The molecule has 12 heavy (non-hydrogen) atoms. The van der Waals surface area contributed by atoms with Gasteiger partial charge in [-0.1, -0.05) is 25.4 Å². The van der Waals surface area contributed by atoms with Crippen molar-refractivity contribution in [3.8, 4) is 0 Å². The quantitative estimate of drug-likeness (QED) is 0.736. The largest absolute Gasteiger partial charge is 0.381 e. The van der Waals surface area contributed by atoms with Crippen molar-refractivity contribution in [1.29, 1.82) is 0 Å². The monoisotopic (exact) mass is 188 g/mol. The lowest BCUT2D eigenvalue weighted by Crippen LogP contribution is -2.01. The highest BCUT2D eigenvalue weighted by molar-refractivity contribution is 6.31. The van der Waals surface area contributed by atoms with Crippen LogP contribution in [0.3, 0.4) is 0 Å². The van der Waals surface area contributed by atoms with E-state index in [0.29, 0.717) is 10.7 Å². The third-order valence-electron chi connectivity index (χ3n) is 1.53. The Morgan fingerprint density at radius 3 is 2.67 bits per heavy atom. The summed E-state index contributed by atoms with van der Waals surface area (Å²) in [5.74, 6) is -0.507. The van der Waals surface area contributed by atoms with Crippen LogP contribution in [0.5, 0.6) is 0 Å². The van der Waals surface area contributed by atoms with Gasteiger partial charge in [-0.05, 0) is 12.0 Å². The van der Waals surface area contributed by atoms with E-state index < -0.39 is 5.82 Å². The standard InChI is InChI=1S/C8H10ClFN2/c1-4(2)7-5(9)3-6(10)8(11)12-7/h3-4H,1-2H3,(H2,11,12). The molecule has 2 nitrogen and oxygen atoms in total. The summed E-state index contributed by atoms with van der Waals surface area (Å²) in [5, 5.41) is 0.330. The average Bonchev–Trinajstić information content (AvgIpc) is 1.96. The zero-order valence-electron chi connectivity index (χ0n) is 6.94. The number of hydrogen-bond donors (Lipinski definition) is 1. The predicted molar refractivity (Wildman–Crippen MR) is 47.7 cm³/mol. The Hall–Kier alpha value is -0.830. The van der Waals surface area contributed by atoms with Gasteiger partial charge in [-0.2, -0.15) is 0 Å². The first-order valence-electron chi connectivity index (χ1n) is 3.63. The van der Waals surface area contributed by atoms with Gasteiger partial charge in [0.15, 0.2) is 11.6 Å². The lowest BCUT2D eigenvalue weighted by Gasteiger charge is -2.07. The number of pyridine rings is 1. The first-order chi connectivity index (χ1) is 5.52. The number of halogens is 2. The molecule has 1 aromatic heterocycles. The maximum Gasteiger partial charge on any atom is 0.166 e. The van der Waals surface area contributed by atoms with Crippen LogP contribution in [0, 0.1) is 5.82 Å². The van der Waals surface area contributed by atoms with Gasteiger partial charge >= 0.3 is 0 Å². The van der Waals surface area contributed by atoms with E-state index in [1.54, 1.807) is 0 Å². The van der Waals surface area contributed by atoms with Gasteiger partial charge in [0.05, 0.1) is 10.7 Å². The molecule has 0 unspecified atom stereocenters. The van der Waals surface area contributed by atoms with Gasteiger partial charge in [-0.25, -0.2) is 9.37 Å². The van der Waals surface area contributed by atoms with Crippen LogP contribution in [0.25, 0.3) is 0 Å². The fraction of sp³-hybridized carbons (Fsp3) is 0.375. The Morgan fingerprint density at radius 1 is 1.58 bits per heavy atom. The van der Waals surface area contributed by atoms with Crippen LogP contribution in [0.2, 0.25) is 5.02 Å². The number of nitrogens with zero attached hydrogens (tertiary/aromatic N) is 1. The topological polar surface area (TPSA) is 38.9 Å². The maximum atomic E-state index is 12.8. The van der Waals surface area contributed by atoms with Crippen molar-refractivity contribution in [1.82, 2.24) is 4.98 Å². The summed E-state index contributed by atoms with van der Waals surface area (Å²) in [6, 6.07) is 1.19. The van der Waals surface area contributed by atoms with Crippen molar-refractivity contribution in [2.75, 3.05) is 5.73 Å². The number of nitrogens with two attached hydrogens (primary N) is 1. The first-order valence-corrected chi connectivity index (χ1v) is 4.01. The summed E-state index contributed by atoms with van der Waals surface area (Å²) in [6.45, 7) is 3.84. The molecule has 4 heteroatoms. The summed E-state index contributed by atoms with van der Waals surface area (Å²) in [4.78, 5) is 3.84. The molecule has 2 N–H and O–H groups in total. The average molecular weight is 189 g/mol. The SMILES string of the molecule is CC(C)c1nc(N)c(F)cc1Cl. The molecular weight excluding hydrogens is 179 g/mol. The summed E-state index contributed by atoms with van der Waals surface area (Å²) < 4.78 is 12.8. The number of hydrogen-bond acceptors (Lipinski definition) is 2. The van der Waals surface area contributed by atoms with Crippen molar-refractivity contribution in [3.63, 3.8) is 0 Å². The normalized spacial score (nSPS) is 10.8. The molecule has 1 aromatic rings. The molecule has 0 aliphatic rings. The molecule has 0 aromatic carbocycles. The van der Waals surface area contributed by atoms with Crippen molar-refractivity contribution >= 4 is 17.4 Å². The smallest absolute Gasteiger partial charge is 0.166 e. The van der Waals surface area contributed by atoms with Crippen molar-refractivity contribution in [2.45, 2.75) is 19.8 Å². The molecule has 0 saturated carbocycles. The Balaban J connectivity index is 3.23. The van der Waals surface area contributed by atoms with Crippen LogP contribution in [0.1, 0.15) is 25.5 Å². The fourth-order valence-electron chi connectivity index (χ4n) is 0.901.